The monoisotopic (exact) mass is 360 g/mol. The number of hydrogen-bond donors (Lipinski definition) is 2. The molecule has 0 amide bonds. The lowest BCUT2D eigenvalue weighted by atomic mass is 10.2. The number of ether oxygens (including phenoxy) is 1. The summed E-state index contributed by atoms with van der Waals surface area (Å²) in [6.07, 6.45) is -3.08. The van der Waals surface area contributed by atoms with E-state index in [1.165, 1.54) is 18.5 Å². The molecule has 0 aliphatic carbocycles. The smallest absolute Gasteiger partial charge is 0.416 e. The fourth-order valence-electron chi connectivity index (χ4n) is 2.24. The number of nitrogens with zero attached hydrogens (tertiary/aromatic N) is 2. The summed E-state index contributed by atoms with van der Waals surface area (Å²) in [5.74, 6) is 1.60. The number of aromatic nitrogens is 2. The van der Waals surface area contributed by atoms with Gasteiger partial charge >= 0.3 is 6.18 Å². The maximum atomic E-state index is 12.8. The lowest BCUT2D eigenvalue weighted by Gasteiger charge is -2.11. The van der Waals surface area contributed by atoms with Crippen LogP contribution in [0.1, 0.15) is 5.56 Å². The van der Waals surface area contributed by atoms with Gasteiger partial charge in [0.05, 0.1) is 12.7 Å². The van der Waals surface area contributed by atoms with Crippen molar-refractivity contribution >= 4 is 23.0 Å². The molecule has 1 heterocycles. The fraction of sp³-hybridized carbons (Fsp3) is 0.111. The summed E-state index contributed by atoms with van der Waals surface area (Å²) >= 11 is 0. The Morgan fingerprint density at radius 2 is 1.50 bits per heavy atom. The van der Waals surface area contributed by atoms with E-state index in [0.717, 1.165) is 23.6 Å². The van der Waals surface area contributed by atoms with E-state index in [1.54, 1.807) is 25.3 Å². The summed E-state index contributed by atoms with van der Waals surface area (Å²) in [6, 6.07) is 13.8. The Labute approximate surface area is 147 Å². The third-order valence-electron chi connectivity index (χ3n) is 3.49. The summed E-state index contributed by atoms with van der Waals surface area (Å²) in [5.41, 5.74) is 0.344. The van der Waals surface area contributed by atoms with Gasteiger partial charge in [-0.05, 0) is 42.5 Å². The zero-order chi connectivity index (χ0) is 18.6. The van der Waals surface area contributed by atoms with Crippen LogP contribution in [0.25, 0.3) is 0 Å². The van der Waals surface area contributed by atoms with Gasteiger partial charge in [-0.3, -0.25) is 0 Å². The second-order valence-corrected chi connectivity index (χ2v) is 5.35. The van der Waals surface area contributed by atoms with E-state index in [4.69, 9.17) is 4.74 Å². The lowest BCUT2D eigenvalue weighted by Crippen LogP contribution is -2.05. The molecule has 0 aliphatic heterocycles. The molecule has 1 aromatic heterocycles. The molecule has 134 valence electrons. The molecule has 0 saturated heterocycles. The zero-order valence-corrected chi connectivity index (χ0v) is 13.7. The van der Waals surface area contributed by atoms with Crippen LogP contribution in [0.3, 0.4) is 0 Å². The van der Waals surface area contributed by atoms with E-state index in [0.29, 0.717) is 11.6 Å². The average molecular weight is 360 g/mol. The molecule has 3 aromatic rings. The van der Waals surface area contributed by atoms with Crippen LogP contribution in [0.5, 0.6) is 5.75 Å². The Bertz CT molecular complexity index is 882. The highest BCUT2D eigenvalue weighted by Gasteiger charge is 2.30. The molecule has 2 aromatic carbocycles. The van der Waals surface area contributed by atoms with Crippen LogP contribution in [0.2, 0.25) is 0 Å². The van der Waals surface area contributed by atoms with Gasteiger partial charge in [-0.25, -0.2) is 9.97 Å². The summed E-state index contributed by atoms with van der Waals surface area (Å²) in [4.78, 5) is 8.13. The van der Waals surface area contributed by atoms with Crippen molar-refractivity contribution in [2.75, 3.05) is 17.7 Å². The molecule has 0 saturated carbocycles. The molecule has 0 fully saturated rings. The average Bonchev–Trinajstić information content (AvgIpc) is 2.62. The first-order valence-electron chi connectivity index (χ1n) is 7.61. The van der Waals surface area contributed by atoms with Crippen molar-refractivity contribution in [2.45, 2.75) is 6.18 Å². The van der Waals surface area contributed by atoms with E-state index < -0.39 is 11.7 Å². The molecule has 5 nitrogen and oxygen atoms in total. The first-order chi connectivity index (χ1) is 12.4. The van der Waals surface area contributed by atoms with Crippen LogP contribution in [-0.4, -0.2) is 17.1 Å². The van der Waals surface area contributed by atoms with Gasteiger partial charge < -0.3 is 15.4 Å². The van der Waals surface area contributed by atoms with Gasteiger partial charge in [-0.1, -0.05) is 6.07 Å². The van der Waals surface area contributed by atoms with Crippen molar-refractivity contribution < 1.29 is 17.9 Å². The van der Waals surface area contributed by atoms with Crippen molar-refractivity contribution in [2.24, 2.45) is 0 Å². The van der Waals surface area contributed by atoms with Crippen LogP contribution >= 0.6 is 0 Å². The van der Waals surface area contributed by atoms with Gasteiger partial charge in [0.1, 0.15) is 23.7 Å². The Balaban J connectivity index is 1.75. The minimum atomic E-state index is -4.40. The predicted octanol–water partition coefficient (Wildman–Crippen LogP) is 4.99. The maximum Gasteiger partial charge on any atom is 0.416 e. The van der Waals surface area contributed by atoms with Gasteiger partial charge in [-0.15, -0.1) is 0 Å². The maximum absolute atomic E-state index is 12.8. The molecular weight excluding hydrogens is 345 g/mol. The number of methoxy groups -OCH3 is 1. The molecule has 26 heavy (non-hydrogen) atoms. The number of hydrogen-bond acceptors (Lipinski definition) is 5. The summed E-state index contributed by atoms with van der Waals surface area (Å²) < 4.78 is 43.5. The summed E-state index contributed by atoms with van der Waals surface area (Å²) in [5, 5.41) is 5.94. The van der Waals surface area contributed by atoms with E-state index >= 15 is 0 Å². The first-order valence-corrected chi connectivity index (χ1v) is 7.61. The van der Waals surface area contributed by atoms with E-state index in [2.05, 4.69) is 20.6 Å². The topological polar surface area (TPSA) is 59.1 Å². The van der Waals surface area contributed by atoms with Crippen LogP contribution in [0.4, 0.5) is 36.2 Å². The van der Waals surface area contributed by atoms with E-state index in [9.17, 15) is 13.2 Å². The van der Waals surface area contributed by atoms with Crippen molar-refractivity contribution in [1.29, 1.82) is 0 Å². The standard InChI is InChI=1S/C18H15F3N4O/c1-26-15-7-5-13(6-8-15)24-16-10-17(23-11-22-16)25-14-4-2-3-12(9-14)18(19,20)21/h2-11H,1H3,(H2,22,23,24,25). The molecule has 0 aliphatic rings. The van der Waals surface area contributed by atoms with E-state index in [1.807, 2.05) is 12.1 Å². The predicted molar refractivity (Wildman–Crippen MR) is 93.0 cm³/mol. The third-order valence-corrected chi connectivity index (χ3v) is 3.49. The van der Waals surface area contributed by atoms with E-state index in [-0.39, 0.29) is 5.69 Å². The van der Waals surface area contributed by atoms with Gasteiger partial charge in [0.15, 0.2) is 0 Å². The highest BCUT2D eigenvalue weighted by Crippen LogP contribution is 2.31. The number of nitrogens with one attached hydrogen (secondary N) is 2. The molecule has 0 radical (unpaired) electrons. The van der Waals surface area contributed by atoms with Crippen LogP contribution in [0.15, 0.2) is 60.9 Å². The van der Waals surface area contributed by atoms with Crippen molar-refractivity contribution in [3.8, 4) is 5.75 Å². The fourth-order valence-corrected chi connectivity index (χ4v) is 2.24. The van der Waals surface area contributed by atoms with Crippen LogP contribution < -0.4 is 15.4 Å². The molecule has 0 spiro atoms. The third kappa shape index (κ3) is 4.41. The Kier molecular flexibility index (Phi) is 4.92. The minimum Gasteiger partial charge on any atom is -0.497 e. The normalized spacial score (nSPS) is 11.1. The largest absolute Gasteiger partial charge is 0.497 e. The molecule has 8 heteroatoms. The molecular formula is C18H15F3N4O. The van der Waals surface area contributed by atoms with Gasteiger partial charge in [0, 0.05) is 17.4 Å². The Hall–Kier alpha value is -3.29. The highest BCUT2D eigenvalue weighted by molar-refractivity contribution is 5.63. The molecule has 0 unspecified atom stereocenters. The molecule has 3 rings (SSSR count). The number of halogens is 3. The minimum absolute atomic E-state index is 0.286. The van der Waals surface area contributed by atoms with Crippen molar-refractivity contribution in [3.05, 3.63) is 66.5 Å². The van der Waals surface area contributed by atoms with Crippen molar-refractivity contribution in [1.82, 2.24) is 9.97 Å². The number of rotatable bonds is 5. The second-order valence-electron chi connectivity index (χ2n) is 5.35. The molecule has 2 N–H and O–H groups in total. The Morgan fingerprint density at radius 3 is 2.12 bits per heavy atom. The van der Waals surface area contributed by atoms with Gasteiger partial charge in [0.2, 0.25) is 0 Å². The summed E-state index contributed by atoms with van der Waals surface area (Å²) in [7, 11) is 1.58. The highest BCUT2D eigenvalue weighted by atomic mass is 19.4. The summed E-state index contributed by atoms with van der Waals surface area (Å²) in [6.45, 7) is 0. The quantitative estimate of drug-likeness (QED) is 0.671. The van der Waals surface area contributed by atoms with Crippen LogP contribution in [-0.2, 0) is 6.18 Å². The second kappa shape index (κ2) is 7.30. The van der Waals surface area contributed by atoms with Crippen molar-refractivity contribution in [3.63, 3.8) is 0 Å². The lowest BCUT2D eigenvalue weighted by molar-refractivity contribution is -0.137. The first kappa shape index (κ1) is 17.5. The van der Waals surface area contributed by atoms with Crippen LogP contribution in [0, 0.1) is 0 Å². The van der Waals surface area contributed by atoms with Gasteiger partial charge in [0.25, 0.3) is 0 Å². The number of alkyl halides is 3. The Morgan fingerprint density at radius 1 is 0.846 bits per heavy atom. The molecule has 0 atom stereocenters. The number of benzene rings is 2. The van der Waals surface area contributed by atoms with Gasteiger partial charge in [-0.2, -0.15) is 13.2 Å². The zero-order valence-electron chi connectivity index (χ0n) is 13.7. The number of anilines is 4. The SMILES string of the molecule is COc1ccc(Nc2cc(Nc3cccc(C(F)(F)F)c3)ncn2)cc1. The molecule has 0 bridgehead atoms.